The molecule has 0 saturated carbocycles. The molecule has 0 aliphatic carbocycles. The van der Waals surface area contributed by atoms with Gasteiger partial charge in [0.1, 0.15) is 23.6 Å². The summed E-state index contributed by atoms with van der Waals surface area (Å²) in [6.07, 6.45) is -9.47. The first kappa shape index (κ1) is 28.3. The Morgan fingerprint density at radius 3 is 2.51 bits per heavy atom. The molecule has 2 unspecified atom stereocenters. The van der Waals surface area contributed by atoms with Gasteiger partial charge in [-0.2, -0.15) is 31.4 Å². The molecule has 3 atom stereocenters. The zero-order valence-corrected chi connectivity index (χ0v) is 20.3. The fraction of sp³-hybridized carbons (Fsp3) is 0.455. The second-order valence-corrected chi connectivity index (χ2v) is 9.19. The third-order valence-corrected chi connectivity index (χ3v) is 6.26. The van der Waals surface area contributed by atoms with Gasteiger partial charge in [-0.05, 0) is 19.1 Å². The number of aliphatic hydroxyl groups is 1. The summed E-state index contributed by atoms with van der Waals surface area (Å²) in [5.74, 6) is -1.62. The first-order valence-electron chi connectivity index (χ1n) is 11.2. The van der Waals surface area contributed by atoms with Crippen molar-refractivity contribution >= 4 is 17.2 Å². The SMILES string of the molecule is COc1ncc(-c2cc(C(F)(F)F)c3c(N)ncnn23)cc1C(=O)N[C@@H]1CN(CC(C)(O)C(F)(F)F)CC1F. The minimum absolute atomic E-state index is 0.00405. The van der Waals surface area contributed by atoms with Crippen LogP contribution in [0.1, 0.15) is 22.8 Å². The van der Waals surface area contributed by atoms with Crippen molar-refractivity contribution in [3.63, 3.8) is 0 Å². The maximum atomic E-state index is 14.6. The Bertz CT molecular complexity index is 1390. The van der Waals surface area contributed by atoms with Crippen molar-refractivity contribution in [1.29, 1.82) is 0 Å². The largest absolute Gasteiger partial charge is 0.480 e. The number of nitrogen functional groups attached to an aromatic ring is 1. The third kappa shape index (κ3) is 5.40. The Balaban J connectivity index is 1.63. The molecule has 0 spiro atoms. The van der Waals surface area contributed by atoms with Gasteiger partial charge in [0, 0.05) is 31.4 Å². The van der Waals surface area contributed by atoms with E-state index in [4.69, 9.17) is 10.5 Å². The van der Waals surface area contributed by atoms with Gasteiger partial charge in [-0.25, -0.2) is 18.9 Å². The Morgan fingerprint density at radius 1 is 1.21 bits per heavy atom. The molecule has 1 aliphatic heterocycles. The number of amides is 1. The first-order chi connectivity index (χ1) is 18.0. The predicted octanol–water partition coefficient (Wildman–Crippen LogP) is 2.47. The van der Waals surface area contributed by atoms with Gasteiger partial charge in [0.15, 0.2) is 11.4 Å². The van der Waals surface area contributed by atoms with Crippen molar-refractivity contribution in [2.75, 3.05) is 32.5 Å². The average molecular weight is 565 g/mol. The molecule has 3 aromatic heterocycles. The molecule has 3 aromatic rings. The van der Waals surface area contributed by atoms with Crippen molar-refractivity contribution in [2.24, 2.45) is 0 Å². The highest BCUT2D eigenvalue weighted by Gasteiger charge is 2.52. The summed E-state index contributed by atoms with van der Waals surface area (Å²) in [5.41, 5.74) is 0.491. The topological polar surface area (TPSA) is 131 Å². The molecule has 4 heterocycles. The van der Waals surface area contributed by atoms with Gasteiger partial charge in [-0.3, -0.25) is 9.69 Å². The molecular weight excluding hydrogens is 543 g/mol. The number of carbonyl (C=O) groups excluding carboxylic acids is 1. The molecule has 0 bridgehead atoms. The lowest BCUT2D eigenvalue weighted by Crippen LogP contribution is -2.51. The van der Waals surface area contributed by atoms with Crippen molar-refractivity contribution in [3.8, 4) is 17.1 Å². The molecule has 1 fully saturated rings. The molecule has 39 heavy (non-hydrogen) atoms. The van der Waals surface area contributed by atoms with Crippen LogP contribution in [0.5, 0.6) is 5.88 Å². The van der Waals surface area contributed by atoms with Crippen LogP contribution < -0.4 is 15.8 Å². The van der Waals surface area contributed by atoms with Crippen LogP contribution in [0.2, 0.25) is 0 Å². The van der Waals surface area contributed by atoms with E-state index in [1.165, 1.54) is 7.11 Å². The summed E-state index contributed by atoms with van der Waals surface area (Å²) in [4.78, 5) is 21.6. The van der Waals surface area contributed by atoms with Crippen LogP contribution in [0.4, 0.5) is 36.6 Å². The smallest absolute Gasteiger partial charge is 0.418 e. The number of likely N-dealkylation sites (tertiary alicyclic amines) is 1. The van der Waals surface area contributed by atoms with Crippen LogP contribution in [0.15, 0.2) is 24.7 Å². The summed E-state index contributed by atoms with van der Waals surface area (Å²) >= 11 is 0. The summed E-state index contributed by atoms with van der Waals surface area (Å²) in [7, 11) is 1.18. The standard InChI is InChI=1S/C22H22F7N7O3/c1-20(38,22(27,28)29)8-35-6-13(23)14(7-35)34-18(37)11-3-10(5-31-19(11)39-2)15-4-12(21(24,25)26)16-17(30)32-9-33-36(15)16/h3-5,9,13-14,38H,6-8H2,1-2H3,(H,34,37)(H2,30,32,33)/t13?,14-,20?/m1/s1. The lowest BCUT2D eigenvalue weighted by atomic mass is 10.1. The van der Waals surface area contributed by atoms with E-state index in [0.29, 0.717) is 6.92 Å². The normalized spacial score (nSPS) is 20.3. The van der Waals surface area contributed by atoms with Gasteiger partial charge < -0.3 is 20.9 Å². The molecule has 1 saturated heterocycles. The highest BCUT2D eigenvalue weighted by atomic mass is 19.4. The maximum Gasteiger partial charge on any atom is 0.418 e. The number of halogens is 7. The quantitative estimate of drug-likeness (QED) is 0.389. The van der Waals surface area contributed by atoms with Gasteiger partial charge in [0.05, 0.1) is 24.4 Å². The van der Waals surface area contributed by atoms with Crippen molar-refractivity contribution < 1.29 is 45.4 Å². The molecule has 0 aromatic carbocycles. The number of β-amino-alcohol motifs (C(OH)–C–C–N with tert-alkyl or cyclic N) is 1. The van der Waals surface area contributed by atoms with E-state index < -0.39 is 66.1 Å². The van der Waals surface area contributed by atoms with Crippen LogP contribution in [-0.4, -0.2) is 86.2 Å². The molecule has 1 aliphatic rings. The molecule has 10 nitrogen and oxygen atoms in total. The number of fused-ring (bicyclic) bond motifs is 1. The van der Waals surface area contributed by atoms with Gasteiger partial charge in [0.2, 0.25) is 5.88 Å². The number of alkyl halides is 7. The summed E-state index contributed by atoms with van der Waals surface area (Å²) in [6, 6.07) is 0.647. The van der Waals surface area contributed by atoms with E-state index >= 15 is 0 Å². The van der Waals surface area contributed by atoms with Gasteiger partial charge >= 0.3 is 12.4 Å². The van der Waals surface area contributed by atoms with Crippen molar-refractivity contribution in [3.05, 3.63) is 35.8 Å². The van der Waals surface area contributed by atoms with Crippen LogP contribution in [0.3, 0.4) is 0 Å². The number of nitrogens with one attached hydrogen (secondary N) is 1. The second kappa shape index (κ2) is 9.78. The number of hydrogen-bond acceptors (Lipinski definition) is 8. The first-order valence-corrected chi connectivity index (χ1v) is 11.2. The zero-order valence-electron chi connectivity index (χ0n) is 20.3. The van der Waals surface area contributed by atoms with Gasteiger partial charge in [0.25, 0.3) is 5.91 Å². The van der Waals surface area contributed by atoms with Crippen LogP contribution in [0.25, 0.3) is 16.8 Å². The number of methoxy groups -OCH3 is 1. The zero-order chi connectivity index (χ0) is 28.9. The van der Waals surface area contributed by atoms with E-state index in [1.807, 2.05) is 0 Å². The fourth-order valence-corrected chi connectivity index (χ4v) is 4.28. The Morgan fingerprint density at radius 2 is 1.90 bits per heavy atom. The molecule has 0 radical (unpaired) electrons. The molecular formula is C22H22F7N7O3. The van der Waals surface area contributed by atoms with Gasteiger partial charge in [-0.15, -0.1) is 0 Å². The molecule has 17 heteroatoms. The Hall–Kier alpha value is -3.73. The van der Waals surface area contributed by atoms with Crippen LogP contribution in [-0.2, 0) is 6.18 Å². The van der Waals surface area contributed by atoms with E-state index in [9.17, 15) is 40.6 Å². The Kier molecular flexibility index (Phi) is 7.09. The summed E-state index contributed by atoms with van der Waals surface area (Å²) in [5, 5.41) is 15.9. The molecule has 1 amide bonds. The number of anilines is 1. The fourth-order valence-electron chi connectivity index (χ4n) is 4.28. The van der Waals surface area contributed by atoms with Crippen molar-refractivity contribution in [1.82, 2.24) is 29.8 Å². The van der Waals surface area contributed by atoms with Crippen LogP contribution in [0, 0.1) is 0 Å². The predicted molar refractivity (Wildman–Crippen MR) is 121 cm³/mol. The number of aromatic nitrogens is 4. The van der Waals surface area contributed by atoms with E-state index in [-0.39, 0.29) is 29.2 Å². The second-order valence-electron chi connectivity index (χ2n) is 9.19. The monoisotopic (exact) mass is 565 g/mol. The van der Waals surface area contributed by atoms with E-state index in [2.05, 4.69) is 20.4 Å². The Labute approximate surface area is 215 Å². The average Bonchev–Trinajstić information content (AvgIpc) is 3.38. The maximum absolute atomic E-state index is 14.6. The van der Waals surface area contributed by atoms with Crippen LogP contribution >= 0.6 is 0 Å². The summed E-state index contributed by atoms with van der Waals surface area (Å²) in [6.45, 7) is -1.19. The number of nitrogens with two attached hydrogens (primary N) is 1. The lowest BCUT2D eigenvalue weighted by molar-refractivity contribution is -0.257. The molecule has 4 N–H and O–H groups in total. The van der Waals surface area contributed by atoms with E-state index in [0.717, 1.165) is 34.1 Å². The number of carbonyl (C=O) groups is 1. The number of hydrogen-bond donors (Lipinski definition) is 3. The lowest BCUT2D eigenvalue weighted by Gasteiger charge is -2.30. The van der Waals surface area contributed by atoms with Crippen molar-refractivity contribution in [2.45, 2.75) is 37.1 Å². The number of nitrogens with zero attached hydrogens (tertiary/aromatic N) is 5. The van der Waals surface area contributed by atoms with E-state index in [1.54, 1.807) is 0 Å². The highest BCUT2D eigenvalue weighted by Crippen LogP contribution is 2.39. The minimum Gasteiger partial charge on any atom is -0.480 e. The highest BCUT2D eigenvalue weighted by molar-refractivity contribution is 5.98. The third-order valence-electron chi connectivity index (χ3n) is 6.26. The number of pyridine rings is 1. The minimum atomic E-state index is -4.95. The molecule has 4 rings (SSSR count). The van der Waals surface area contributed by atoms with Gasteiger partial charge in [-0.1, -0.05) is 0 Å². The number of ether oxygens (including phenoxy) is 1. The summed E-state index contributed by atoms with van der Waals surface area (Å²) < 4.78 is 101. The number of rotatable bonds is 6. The molecule has 212 valence electrons.